The van der Waals surface area contributed by atoms with Gasteiger partial charge in [0, 0.05) is 17.2 Å². The van der Waals surface area contributed by atoms with E-state index in [2.05, 4.69) is 37.3 Å². The largest absolute Gasteiger partial charge is 0.383 e. The van der Waals surface area contributed by atoms with Crippen LogP contribution >= 0.6 is 27.3 Å². The number of nitrogens with two attached hydrogens (primary N) is 1. The quantitative estimate of drug-likeness (QED) is 0.946. The topological polar surface area (TPSA) is 51.8 Å². The van der Waals surface area contributed by atoms with Gasteiger partial charge in [-0.25, -0.2) is 9.97 Å². The Morgan fingerprint density at radius 2 is 2.24 bits per heavy atom. The van der Waals surface area contributed by atoms with Crippen molar-refractivity contribution in [2.24, 2.45) is 0 Å². The minimum absolute atomic E-state index is 0.563. The van der Waals surface area contributed by atoms with E-state index in [-0.39, 0.29) is 0 Å². The van der Waals surface area contributed by atoms with Crippen molar-refractivity contribution in [3.63, 3.8) is 0 Å². The number of hydrogen-bond donors (Lipinski definition) is 1. The van der Waals surface area contributed by atoms with Crippen LogP contribution in [0.2, 0.25) is 0 Å². The molecule has 5 heteroatoms. The monoisotopic (exact) mass is 309 g/mol. The number of nitrogen functional groups attached to an aromatic ring is 1. The third-order valence-corrected chi connectivity index (χ3v) is 4.51. The van der Waals surface area contributed by atoms with Crippen LogP contribution in [-0.2, 0) is 6.42 Å². The summed E-state index contributed by atoms with van der Waals surface area (Å²) in [5.74, 6) is 1.97. The zero-order valence-electron chi connectivity index (χ0n) is 9.19. The fraction of sp³-hybridized carbons (Fsp3) is 0.333. The lowest BCUT2D eigenvalue weighted by Gasteiger charge is -2.07. The first-order valence-electron chi connectivity index (χ1n) is 5.58. The lowest BCUT2D eigenvalue weighted by molar-refractivity contribution is 0.901. The van der Waals surface area contributed by atoms with E-state index in [9.17, 15) is 0 Å². The Hall–Kier alpha value is -0.940. The predicted octanol–water partition coefficient (Wildman–Crippen LogP) is 3.35. The Kier molecular flexibility index (Phi) is 2.88. The molecule has 3 nitrogen and oxygen atoms in total. The Bertz CT molecular complexity index is 535. The Balaban J connectivity index is 1.94. The fourth-order valence-electron chi connectivity index (χ4n) is 1.81. The molecule has 2 N–H and O–H groups in total. The maximum absolute atomic E-state index is 5.92. The Morgan fingerprint density at radius 3 is 2.88 bits per heavy atom. The van der Waals surface area contributed by atoms with Gasteiger partial charge in [0.05, 0.1) is 10.2 Å². The highest BCUT2D eigenvalue weighted by molar-refractivity contribution is 9.10. The average Bonchev–Trinajstić information content (AvgIpc) is 3.02. The lowest BCUT2D eigenvalue weighted by Crippen LogP contribution is -2.05. The Labute approximate surface area is 112 Å². The summed E-state index contributed by atoms with van der Waals surface area (Å²) in [6.07, 6.45) is 3.20. The van der Waals surface area contributed by atoms with Crippen molar-refractivity contribution in [2.75, 3.05) is 5.73 Å². The van der Waals surface area contributed by atoms with Crippen molar-refractivity contribution in [3.05, 3.63) is 38.4 Å². The van der Waals surface area contributed by atoms with Crippen LogP contribution in [0.3, 0.4) is 0 Å². The summed E-state index contributed by atoms with van der Waals surface area (Å²) in [5.41, 5.74) is 7.01. The second-order valence-electron chi connectivity index (χ2n) is 4.25. The molecular weight excluding hydrogens is 298 g/mol. The smallest absolute Gasteiger partial charge is 0.141 e. The predicted molar refractivity (Wildman–Crippen MR) is 73.2 cm³/mol. The first kappa shape index (κ1) is 11.2. The molecule has 0 atom stereocenters. The van der Waals surface area contributed by atoms with E-state index >= 15 is 0 Å². The number of halogens is 1. The van der Waals surface area contributed by atoms with Gasteiger partial charge in [-0.15, -0.1) is 11.3 Å². The third kappa shape index (κ3) is 2.35. The van der Waals surface area contributed by atoms with Crippen molar-refractivity contribution in [3.8, 4) is 0 Å². The second kappa shape index (κ2) is 4.38. The van der Waals surface area contributed by atoms with Gasteiger partial charge >= 0.3 is 0 Å². The molecule has 0 radical (unpaired) electrons. The van der Waals surface area contributed by atoms with E-state index in [1.807, 2.05) is 6.07 Å². The van der Waals surface area contributed by atoms with Crippen molar-refractivity contribution < 1.29 is 0 Å². The molecule has 0 bridgehead atoms. The molecule has 0 amide bonds. The summed E-state index contributed by atoms with van der Waals surface area (Å²) in [5, 5.41) is 2.07. The highest BCUT2D eigenvalue weighted by Gasteiger charge is 2.29. The standard InChI is InChI=1S/C12H12BrN3S/c13-10-11(7-3-4-7)15-9(16-12(10)14)6-8-2-1-5-17-8/h1-2,5,7H,3-4,6H2,(H2,14,15,16). The summed E-state index contributed by atoms with van der Waals surface area (Å²) in [6, 6.07) is 4.15. The van der Waals surface area contributed by atoms with Crippen LogP contribution in [0, 0.1) is 0 Å². The van der Waals surface area contributed by atoms with Gasteiger partial charge in [0.1, 0.15) is 11.6 Å². The molecule has 2 aromatic rings. The molecule has 2 heterocycles. The summed E-state index contributed by atoms with van der Waals surface area (Å²) in [7, 11) is 0. The molecule has 0 aliphatic heterocycles. The molecule has 0 aromatic carbocycles. The molecule has 0 unspecified atom stereocenters. The van der Waals surface area contributed by atoms with E-state index in [0.717, 1.165) is 22.4 Å². The minimum atomic E-state index is 0.563. The number of aromatic nitrogens is 2. The zero-order valence-corrected chi connectivity index (χ0v) is 11.6. The maximum Gasteiger partial charge on any atom is 0.141 e. The van der Waals surface area contributed by atoms with Gasteiger partial charge in [-0.2, -0.15) is 0 Å². The van der Waals surface area contributed by atoms with Crippen molar-refractivity contribution >= 4 is 33.1 Å². The van der Waals surface area contributed by atoms with Crippen molar-refractivity contribution in [1.82, 2.24) is 9.97 Å². The van der Waals surface area contributed by atoms with Crippen LogP contribution in [0.5, 0.6) is 0 Å². The van der Waals surface area contributed by atoms with E-state index < -0.39 is 0 Å². The van der Waals surface area contributed by atoms with Crippen LogP contribution in [-0.4, -0.2) is 9.97 Å². The third-order valence-electron chi connectivity index (χ3n) is 2.83. The molecular formula is C12H12BrN3S. The SMILES string of the molecule is Nc1nc(Cc2cccs2)nc(C2CC2)c1Br. The van der Waals surface area contributed by atoms with Crippen LogP contribution < -0.4 is 5.73 Å². The molecule has 1 saturated carbocycles. The molecule has 3 rings (SSSR count). The van der Waals surface area contributed by atoms with E-state index in [0.29, 0.717) is 11.7 Å². The fourth-order valence-corrected chi connectivity index (χ4v) is 3.01. The van der Waals surface area contributed by atoms with Gasteiger partial charge < -0.3 is 5.73 Å². The minimum Gasteiger partial charge on any atom is -0.383 e. The molecule has 17 heavy (non-hydrogen) atoms. The van der Waals surface area contributed by atoms with Crippen LogP contribution in [0.25, 0.3) is 0 Å². The van der Waals surface area contributed by atoms with Crippen molar-refractivity contribution in [2.45, 2.75) is 25.2 Å². The van der Waals surface area contributed by atoms with Gasteiger partial charge in [0.15, 0.2) is 0 Å². The second-order valence-corrected chi connectivity index (χ2v) is 6.08. The summed E-state index contributed by atoms with van der Waals surface area (Å²) >= 11 is 5.21. The maximum atomic E-state index is 5.92. The summed E-state index contributed by atoms with van der Waals surface area (Å²) < 4.78 is 0.884. The molecule has 0 spiro atoms. The average molecular weight is 310 g/mol. The highest BCUT2D eigenvalue weighted by Crippen LogP contribution is 2.43. The lowest BCUT2D eigenvalue weighted by atomic mass is 10.2. The van der Waals surface area contributed by atoms with E-state index in [1.54, 1.807) is 11.3 Å². The zero-order chi connectivity index (χ0) is 11.8. The van der Waals surface area contributed by atoms with Gasteiger partial charge in [0.2, 0.25) is 0 Å². The van der Waals surface area contributed by atoms with Crippen molar-refractivity contribution in [1.29, 1.82) is 0 Å². The molecule has 88 valence electrons. The Morgan fingerprint density at radius 1 is 1.41 bits per heavy atom. The van der Waals surface area contributed by atoms with E-state index in [1.165, 1.54) is 17.7 Å². The molecule has 0 saturated heterocycles. The molecule has 1 aliphatic carbocycles. The van der Waals surface area contributed by atoms with E-state index in [4.69, 9.17) is 5.73 Å². The van der Waals surface area contributed by atoms with Crippen LogP contribution in [0.15, 0.2) is 22.0 Å². The molecule has 1 aliphatic rings. The first-order valence-corrected chi connectivity index (χ1v) is 7.25. The van der Waals surface area contributed by atoms with Gasteiger partial charge in [-0.1, -0.05) is 6.07 Å². The summed E-state index contributed by atoms with van der Waals surface area (Å²) in [6.45, 7) is 0. The van der Waals surface area contributed by atoms with Gasteiger partial charge in [-0.3, -0.25) is 0 Å². The molecule has 1 fully saturated rings. The van der Waals surface area contributed by atoms with Crippen LogP contribution in [0.4, 0.5) is 5.82 Å². The number of hydrogen-bond acceptors (Lipinski definition) is 4. The number of rotatable bonds is 3. The number of anilines is 1. The highest BCUT2D eigenvalue weighted by atomic mass is 79.9. The summed E-state index contributed by atoms with van der Waals surface area (Å²) in [4.78, 5) is 10.3. The van der Waals surface area contributed by atoms with Gasteiger partial charge in [0.25, 0.3) is 0 Å². The van der Waals surface area contributed by atoms with Gasteiger partial charge in [-0.05, 0) is 40.2 Å². The molecule has 2 aromatic heterocycles. The van der Waals surface area contributed by atoms with Crippen LogP contribution in [0.1, 0.15) is 35.2 Å². The number of thiophene rings is 1. The number of nitrogens with zero attached hydrogens (tertiary/aromatic N) is 2. The normalized spacial score (nSPS) is 15.1. The first-order chi connectivity index (χ1) is 8.24.